The molecule has 2 aliphatic heterocycles. The Kier molecular flexibility index (Phi) is 4.80. The third-order valence-corrected chi connectivity index (χ3v) is 4.48. The predicted octanol–water partition coefficient (Wildman–Crippen LogP) is 1.04. The van der Waals surface area contributed by atoms with E-state index in [9.17, 15) is 9.59 Å². The molecular weight excluding hydrogens is 244 g/mol. The third-order valence-electron chi connectivity index (χ3n) is 4.48. The van der Waals surface area contributed by atoms with Crippen LogP contribution >= 0.6 is 0 Å². The summed E-state index contributed by atoms with van der Waals surface area (Å²) >= 11 is 0. The van der Waals surface area contributed by atoms with Crippen LogP contribution in [0, 0.1) is 11.8 Å². The highest BCUT2D eigenvalue weighted by molar-refractivity contribution is 5.80. The quantitative estimate of drug-likeness (QED) is 0.827. The van der Waals surface area contributed by atoms with Crippen molar-refractivity contribution in [2.24, 2.45) is 11.8 Å². The molecule has 0 aromatic carbocycles. The van der Waals surface area contributed by atoms with Gasteiger partial charge in [-0.15, -0.1) is 0 Å². The van der Waals surface area contributed by atoms with Crippen LogP contribution in [0.25, 0.3) is 0 Å². The molecule has 2 heterocycles. The summed E-state index contributed by atoms with van der Waals surface area (Å²) in [6.45, 7) is 6.63. The minimum Gasteiger partial charge on any atom is -0.481 e. The minimum atomic E-state index is -0.765. The molecule has 1 unspecified atom stereocenters. The zero-order valence-electron chi connectivity index (χ0n) is 11.7. The van der Waals surface area contributed by atoms with Gasteiger partial charge in [-0.3, -0.25) is 9.59 Å². The Bertz CT molecular complexity index is 338. The summed E-state index contributed by atoms with van der Waals surface area (Å²) in [5.74, 6) is -0.457. The summed E-state index contributed by atoms with van der Waals surface area (Å²) < 4.78 is 0. The fraction of sp³-hybridized carbons (Fsp3) is 0.857. The van der Waals surface area contributed by atoms with Crippen molar-refractivity contribution < 1.29 is 14.7 Å². The summed E-state index contributed by atoms with van der Waals surface area (Å²) in [7, 11) is 0. The lowest BCUT2D eigenvalue weighted by Crippen LogP contribution is -2.46. The van der Waals surface area contributed by atoms with Crippen molar-refractivity contribution in [1.29, 1.82) is 0 Å². The van der Waals surface area contributed by atoms with E-state index in [2.05, 4.69) is 11.8 Å². The molecule has 0 radical (unpaired) electrons. The number of likely N-dealkylation sites (tertiary alicyclic amines) is 2. The van der Waals surface area contributed by atoms with E-state index in [-0.39, 0.29) is 11.8 Å². The number of aliphatic carboxylic acids is 1. The Hall–Kier alpha value is -1.10. The number of carboxylic acids is 1. The zero-order chi connectivity index (χ0) is 13.8. The zero-order valence-corrected chi connectivity index (χ0v) is 11.7. The highest BCUT2D eigenvalue weighted by atomic mass is 16.4. The maximum absolute atomic E-state index is 11.9. The molecule has 5 nitrogen and oxygen atoms in total. The molecule has 0 saturated carbocycles. The van der Waals surface area contributed by atoms with Crippen molar-refractivity contribution >= 4 is 11.9 Å². The molecule has 2 aliphatic rings. The van der Waals surface area contributed by atoms with Crippen molar-refractivity contribution in [2.75, 3.05) is 32.7 Å². The first-order valence-corrected chi connectivity index (χ1v) is 7.33. The SMILES string of the molecule is CCN1CCC(CN2CC(C(=O)O)CCC2=O)CC1. The van der Waals surface area contributed by atoms with Crippen LogP contribution in [-0.4, -0.2) is 59.5 Å². The summed E-state index contributed by atoms with van der Waals surface area (Å²) in [5, 5.41) is 9.07. The monoisotopic (exact) mass is 268 g/mol. The van der Waals surface area contributed by atoms with Crippen LogP contribution in [-0.2, 0) is 9.59 Å². The van der Waals surface area contributed by atoms with Gasteiger partial charge in [-0.1, -0.05) is 6.92 Å². The topological polar surface area (TPSA) is 60.9 Å². The Morgan fingerprint density at radius 2 is 2.00 bits per heavy atom. The molecule has 0 spiro atoms. The van der Waals surface area contributed by atoms with E-state index in [1.165, 1.54) is 0 Å². The molecule has 0 bridgehead atoms. The number of carboxylic acid groups (broad SMARTS) is 1. The molecule has 2 fully saturated rings. The highest BCUT2D eigenvalue weighted by Gasteiger charge is 2.31. The van der Waals surface area contributed by atoms with E-state index < -0.39 is 5.97 Å². The van der Waals surface area contributed by atoms with Crippen LogP contribution in [0.15, 0.2) is 0 Å². The highest BCUT2D eigenvalue weighted by Crippen LogP contribution is 2.23. The molecule has 19 heavy (non-hydrogen) atoms. The minimum absolute atomic E-state index is 0.135. The second-order valence-corrected chi connectivity index (χ2v) is 5.75. The van der Waals surface area contributed by atoms with E-state index in [4.69, 9.17) is 5.11 Å². The predicted molar refractivity (Wildman–Crippen MR) is 71.8 cm³/mol. The van der Waals surface area contributed by atoms with E-state index in [0.29, 0.717) is 25.3 Å². The number of hydrogen-bond acceptors (Lipinski definition) is 3. The van der Waals surface area contributed by atoms with Gasteiger partial charge < -0.3 is 14.9 Å². The van der Waals surface area contributed by atoms with Gasteiger partial charge in [0.2, 0.25) is 5.91 Å². The van der Waals surface area contributed by atoms with Gasteiger partial charge in [0.25, 0.3) is 0 Å². The molecule has 1 atom stereocenters. The number of piperidine rings is 2. The molecule has 0 aromatic heterocycles. The maximum atomic E-state index is 11.9. The van der Waals surface area contributed by atoms with Crippen molar-refractivity contribution in [1.82, 2.24) is 9.80 Å². The van der Waals surface area contributed by atoms with Crippen LogP contribution in [0.1, 0.15) is 32.6 Å². The molecule has 5 heteroatoms. The van der Waals surface area contributed by atoms with Gasteiger partial charge in [0.05, 0.1) is 5.92 Å². The first kappa shape index (κ1) is 14.3. The van der Waals surface area contributed by atoms with Crippen LogP contribution < -0.4 is 0 Å². The number of carbonyl (C=O) groups is 2. The standard InChI is InChI=1S/C14H24N2O3/c1-2-15-7-5-11(6-8-15)9-16-10-12(14(18)19)3-4-13(16)17/h11-12H,2-10H2,1H3,(H,18,19). The van der Waals surface area contributed by atoms with Crippen molar-refractivity contribution in [3.05, 3.63) is 0 Å². The summed E-state index contributed by atoms with van der Waals surface area (Å²) in [6.07, 6.45) is 3.13. The van der Waals surface area contributed by atoms with Crippen LogP contribution in [0.2, 0.25) is 0 Å². The summed E-state index contributed by atoms with van der Waals surface area (Å²) in [4.78, 5) is 27.1. The van der Waals surface area contributed by atoms with E-state index in [0.717, 1.165) is 39.0 Å². The molecular formula is C14H24N2O3. The fourth-order valence-corrected chi connectivity index (χ4v) is 3.09. The number of carbonyl (C=O) groups excluding carboxylic acids is 1. The van der Waals surface area contributed by atoms with Gasteiger partial charge in [-0.05, 0) is 44.8 Å². The average Bonchev–Trinajstić information content (AvgIpc) is 2.42. The van der Waals surface area contributed by atoms with Gasteiger partial charge in [-0.2, -0.15) is 0 Å². The molecule has 2 rings (SSSR count). The second kappa shape index (κ2) is 6.37. The van der Waals surface area contributed by atoms with Gasteiger partial charge in [0.1, 0.15) is 0 Å². The van der Waals surface area contributed by atoms with Crippen LogP contribution in [0.3, 0.4) is 0 Å². The molecule has 2 saturated heterocycles. The first-order valence-electron chi connectivity index (χ1n) is 7.33. The lowest BCUT2D eigenvalue weighted by Gasteiger charge is -2.37. The van der Waals surface area contributed by atoms with Gasteiger partial charge in [0.15, 0.2) is 0 Å². The fourth-order valence-electron chi connectivity index (χ4n) is 3.09. The summed E-state index contributed by atoms with van der Waals surface area (Å²) in [5.41, 5.74) is 0. The van der Waals surface area contributed by atoms with Crippen LogP contribution in [0.5, 0.6) is 0 Å². The van der Waals surface area contributed by atoms with E-state index in [1.54, 1.807) is 4.90 Å². The number of rotatable bonds is 4. The normalized spacial score (nSPS) is 26.7. The van der Waals surface area contributed by atoms with Crippen molar-refractivity contribution in [3.8, 4) is 0 Å². The number of nitrogens with zero attached hydrogens (tertiary/aromatic N) is 2. The molecule has 1 N–H and O–H groups in total. The van der Waals surface area contributed by atoms with E-state index in [1.807, 2.05) is 0 Å². The third kappa shape index (κ3) is 3.69. The molecule has 0 aliphatic carbocycles. The largest absolute Gasteiger partial charge is 0.481 e. The number of amides is 1. The Balaban J connectivity index is 1.84. The van der Waals surface area contributed by atoms with Gasteiger partial charge in [-0.25, -0.2) is 0 Å². The van der Waals surface area contributed by atoms with Crippen molar-refractivity contribution in [3.63, 3.8) is 0 Å². The Morgan fingerprint density at radius 3 is 2.58 bits per heavy atom. The van der Waals surface area contributed by atoms with E-state index >= 15 is 0 Å². The lowest BCUT2D eigenvalue weighted by molar-refractivity contribution is -0.147. The second-order valence-electron chi connectivity index (χ2n) is 5.75. The summed E-state index contributed by atoms with van der Waals surface area (Å²) in [6, 6.07) is 0. The first-order chi connectivity index (χ1) is 9.10. The molecule has 1 amide bonds. The Morgan fingerprint density at radius 1 is 1.32 bits per heavy atom. The molecule has 0 aromatic rings. The maximum Gasteiger partial charge on any atom is 0.308 e. The molecule has 108 valence electrons. The van der Waals surface area contributed by atoms with Gasteiger partial charge in [0, 0.05) is 19.5 Å². The average molecular weight is 268 g/mol. The Labute approximate surface area is 114 Å². The smallest absolute Gasteiger partial charge is 0.308 e. The van der Waals surface area contributed by atoms with Gasteiger partial charge >= 0.3 is 5.97 Å². The van der Waals surface area contributed by atoms with Crippen molar-refractivity contribution in [2.45, 2.75) is 32.6 Å². The number of hydrogen-bond donors (Lipinski definition) is 1. The lowest BCUT2D eigenvalue weighted by atomic mass is 9.93. The van der Waals surface area contributed by atoms with Crippen LogP contribution in [0.4, 0.5) is 0 Å².